The number of hydrogen-bond donors (Lipinski definition) is 0. The van der Waals surface area contributed by atoms with Gasteiger partial charge in [-0.1, -0.05) is 60.7 Å². The lowest BCUT2D eigenvalue weighted by Gasteiger charge is -2.19. The minimum atomic E-state index is 1.19. The lowest BCUT2D eigenvalue weighted by atomic mass is 10.1. The average molecular weight is 259 g/mol. The first kappa shape index (κ1) is 12.5. The van der Waals surface area contributed by atoms with Gasteiger partial charge in [0.25, 0.3) is 0 Å². The van der Waals surface area contributed by atoms with Crippen LogP contribution >= 0.6 is 0 Å². The second-order valence-electron chi connectivity index (χ2n) is 4.81. The number of para-hydroxylation sites is 1. The van der Waals surface area contributed by atoms with Gasteiger partial charge in [0.15, 0.2) is 0 Å². The second kappa shape index (κ2) is 5.62. The Morgan fingerprint density at radius 2 is 0.950 bits per heavy atom. The second-order valence-corrected chi connectivity index (χ2v) is 4.81. The third kappa shape index (κ3) is 2.57. The van der Waals surface area contributed by atoms with E-state index >= 15 is 0 Å². The van der Waals surface area contributed by atoms with Crippen molar-refractivity contribution in [2.24, 2.45) is 0 Å². The maximum atomic E-state index is 2.19. The summed E-state index contributed by atoms with van der Waals surface area (Å²) in [5, 5.41) is 0. The molecule has 0 spiro atoms. The van der Waals surface area contributed by atoms with Gasteiger partial charge in [0.1, 0.15) is 0 Å². The van der Waals surface area contributed by atoms with E-state index in [9.17, 15) is 0 Å². The molecule has 0 unspecified atom stereocenters. The Bertz CT molecular complexity index is 657. The van der Waals surface area contributed by atoms with E-state index in [2.05, 4.69) is 84.7 Å². The summed E-state index contributed by atoms with van der Waals surface area (Å²) in [6.07, 6.45) is 0. The van der Waals surface area contributed by atoms with Crippen molar-refractivity contribution in [2.45, 2.75) is 0 Å². The molecule has 3 aromatic rings. The molecule has 0 fully saturated rings. The van der Waals surface area contributed by atoms with Crippen molar-refractivity contribution >= 4 is 11.4 Å². The van der Waals surface area contributed by atoms with Crippen molar-refractivity contribution in [1.29, 1.82) is 0 Å². The summed E-state index contributed by atoms with van der Waals surface area (Å²) in [7, 11) is 2.09. The molecule has 98 valence electrons. The van der Waals surface area contributed by atoms with Crippen LogP contribution in [0.25, 0.3) is 11.1 Å². The molecule has 0 N–H and O–H groups in total. The molecule has 0 bridgehead atoms. The van der Waals surface area contributed by atoms with Crippen LogP contribution in [0, 0.1) is 0 Å². The molecule has 0 aliphatic carbocycles. The van der Waals surface area contributed by atoms with E-state index in [-0.39, 0.29) is 0 Å². The van der Waals surface area contributed by atoms with Crippen LogP contribution < -0.4 is 4.90 Å². The first-order valence-electron chi connectivity index (χ1n) is 6.79. The Balaban J connectivity index is 1.87. The van der Waals surface area contributed by atoms with Gasteiger partial charge in [-0.2, -0.15) is 0 Å². The van der Waals surface area contributed by atoms with Gasteiger partial charge in [-0.15, -0.1) is 0 Å². The molecular formula is C19H17N. The van der Waals surface area contributed by atoms with Crippen molar-refractivity contribution < 1.29 is 0 Å². The van der Waals surface area contributed by atoms with Crippen LogP contribution in [0.15, 0.2) is 84.9 Å². The van der Waals surface area contributed by atoms with Gasteiger partial charge in [0.2, 0.25) is 0 Å². The molecule has 3 rings (SSSR count). The maximum Gasteiger partial charge on any atom is 0.0408 e. The number of rotatable bonds is 3. The van der Waals surface area contributed by atoms with Crippen LogP contribution in [-0.2, 0) is 0 Å². The van der Waals surface area contributed by atoms with E-state index in [1.165, 1.54) is 22.5 Å². The lowest BCUT2D eigenvalue weighted by molar-refractivity contribution is 1.21. The smallest absolute Gasteiger partial charge is 0.0408 e. The molecule has 0 aliphatic rings. The molecule has 0 heterocycles. The molecule has 0 amide bonds. The van der Waals surface area contributed by atoms with Gasteiger partial charge in [0.05, 0.1) is 0 Å². The van der Waals surface area contributed by atoms with Crippen LogP contribution in [0.2, 0.25) is 0 Å². The molecular weight excluding hydrogens is 242 g/mol. The fraction of sp³-hybridized carbons (Fsp3) is 0.0526. The highest BCUT2D eigenvalue weighted by molar-refractivity contribution is 5.69. The van der Waals surface area contributed by atoms with Crippen LogP contribution in [0.4, 0.5) is 11.4 Å². The van der Waals surface area contributed by atoms with Crippen molar-refractivity contribution in [3.63, 3.8) is 0 Å². The van der Waals surface area contributed by atoms with Crippen LogP contribution in [0.3, 0.4) is 0 Å². The van der Waals surface area contributed by atoms with Crippen molar-refractivity contribution in [1.82, 2.24) is 0 Å². The van der Waals surface area contributed by atoms with E-state index in [1.54, 1.807) is 0 Å². The van der Waals surface area contributed by atoms with Gasteiger partial charge >= 0.3 is 0 Å². The summed E-state index contributed by atoms with van der Waals surface area (Å²) in [6, 6.07) is 29.5. The first-order valence-corrected chi connectivity index (χ1v) is 6.79. The zero-order chi connectivity index (χ0) is 13.8. The predicted octanol–water partition coefficient (Wildman–Crippen LogP) is 5.12. The van der Waals surface area contributed by atoms with Gasteiger partial charge in [-0.3, -0.25) is 0 Å². The third-order valence-electron chi connectivity index (χ3n) is 3.51. The predicted molar refractivity (Wildman–Crippen MR) is 86.4 cm³/mol. The first-order chi connectivity index (χ1) is 9.84. The molecule has 1 nitrogen and oxygen atoms in total. The van der Waals surface area contributed by atoms with E-state index in [1.807, 2.05) is 12.1 Å². The van der Waals surface area contributed by atoms with E-state index < -0.39 is 0 Å². The average Bonchev–Trinajstić information content (AvgIpc) is 2.56. The molecule has 0 saturated heterocycles. The summed E-state index contributed by atoms with van der Waals surface area (Å²) < 4.78 is 0. The minimum absolute atomic E-state index is 1.19. The molecule has 0 saturated carbocycles. The summed E-state index contributed by atoms with van der Waals surface area (Å²) >= 11 is 0. The quantitative estimate of drug-likeness (QED) is 0.631. The number of nitrogens with zero attached hydrogens (tertiary/aromatic N) is 1. The summed E-state index contributed by atoms with van der Waals surface area (Å²) in [5.74, 6) is 0. The molecule has 20 heavy (non-hydrogen) atoms. The van der Waals surface area contributed by atoms with Crippen LogP contribution in [0.5, 0.6) is 0 Å². The highest BCUT2D eigenvalue weighted by atomic mass is 15.1. The number of anilines is 2. The van der Waals surface area contributed by atoms with E-state index in [0.29, 0.717) is 0 Å². The van der Waals surface area contributed by atoms with Gasteiger partial charge in [0, 0.05) is 18.4 Å². The topological polar surface area (TPSA) is 3.24 Å². The summed E-state index contributed by atoms with van der Waals surface area (Å²) in [4.78, 5) is 2.19. The maximum absolute atomic E-state index is 2.19. The molecule has 0 radical (unpaired) electrons. The van der Waals surface area contributed by atoms with Crippen molar-refractivity contribution in [3.8, 4) is 11.1 Å². The highest BCUT2D eigenvalue weighted by Gasteiger charge is 2.03. The molecule has 0 aromatic heterocycles. The monoisotopic (exact) mass is 259 g/mol. The highest BCUT2D eigenvalue weighted by Crippen LogP contribution is 2.26. The zero-order valence-electron chi connectivity index (χ0n) is 11.5. The number of hydrogen-bond acceptors (Lipinski definition) is 1. The zero-order valence-corrected chi connectivity index (χ0v) is 11.5. The Morgan fingerprint density at radius 1 is 0.500 bits per heavy atom. The van der Waals surface area contributed by atoms with Gasteiger partial charge < -0.3 is 4.90 Å². The van der Waals surface area contributed by atoms with Crippen molar-refractivity contribution in [3.05, 3.63) is 84.9 Å². The third-order valence-corrected chi connectivity index (χ3v) is 3.51. The fourth-order valence-corrected chi connectivity index (χ4v) is 2.31. The van der Waals surface area contributed by atoms with E-state index in [0.717, 1.165) is 0 Å². The summed E-state index contributed by atoms with van der Waals surface area (Å²) in [6.45, 7) is 0. The fourth-order valence-electron chi connectivity index (χ4n) is 2.31. The molecule has 0 atom stereocenters. The van der Waals surface area contributed by atoms with Gasteiger partial charge in [-0.25, -0.2) is 0 Å². The molecule has 1 heteroatoms. The standard InChI is InChI=1S/C19H17N/c1-20(18-10-6-3-7-11-18)19-14-12-17(13-15-19)16-8-4-2-5-9-16/h2-15H,1H3. The van der Waals surface area contributed by atoms with Gasteiger partial charge in [-0.05, 0) is 35.4 Å². The Labute approximate surface area is 120 Å². The lowest BCUT2D eigenvalue weighted by Crippen LogP contribution is -2.08. The van der Waals surface area contributed by atoms with Crippen molar-refractivity contribution in [2.75, 3.05) is 11.9 Å². The van der Waals surface area contributed by atoms with Crippen LogP contribution in [-0.4, -0.2) is 7.05 Å². The Morgan fingerprint density at radius 3 is 1.55 bits per heavy atom. The van der Waals surface area contributed by atoms with E-state index in [4.69, 9.17) is 0 Å². The molecule has 0 aliphatic heterocycles. The largest absolute Gasteiger partial charge is 0.345 e. The van der Waals surface area contributed by atoms with Crippen LogP contribution in [0.1, 0.15) is 0 Å². The Hall–Kier alpha value is -2.54. The summed E-state index contributed by atoms with van der Waals surface area (Å²) in [5.41, 5.74) is 4.88. The molecule has 3 aromatic carbocycles. The normalized spacial score (nSPS) is 10.2. The Kier molecular flexibility index (Phi) is 3.51. The minimum Gasteiger partial charge on any atom is -0.345 e. The number of benzene rings is 3. The SMILES string of the molecule is CN(c1ccccc1)c1ccc(-c2ccccc2)cc1.